The highest BCUT2D eigenvalue weighted by Crippen LogP contribution is 2.14. The molecule has 0 aliphatic heterocycles. The summed E-state index contributed by atoms with van der Waals surface area (Å²) in [7, 11) is 0. The van der Waals surface area contributed by atoms with Crippen molar-refractivity contribution in [2.24, 2.45) is 0 Å². The number of ether oxygens (including phenoxy) is 1. The van der Waals surface area contributed by atoms with Crippen molar-refractivity contribution in [1.29, 1.82) is 0 Å². The van der Waals surface area contributed by atoms with Gasteiger partial charge < -0.3 is 25.8 Å². The second kappa shape index (κ2) is 7.36. The number of aliphatic carboxylic acids is 1. The Morgan fingerprint density at radius 3 is 2.24 bits per heavy atom. The van der Waals surface area contributed by atoms with Crippen LogP contribution < -0.4 is 5.32 Å². The molecule has 0 bridgehead atoms. The lowest BCUT2D eigenvalue weighted by Gasteiger charge is -2.15. The fourth-order valence-electron chi connectivity index (χ4n) is 0.943. The molecule has 0 unspecified atom stereocenters. The minimum Gasteiger partial charge on any atom is -0.480 e. The Kier molecular flexibility index (Phi) is 6.49. The van der Waals surface area contributed by atoms with Crippen molar-refractivity contribution in [2.45, 2.75) is 25.2 Å². The number of aliphatic hydroxyl groups excluding tert-OH is 1. The topological polar surface area (TPSA) is 149 Å². The number of rotatable bonds is 6. The number of nitrogens with one attached hydrogen (secondary N) is 1. The fraction of sp³-hybridized carbons (Fsp3) is 0.556. The molecule has 0 radical (unpaired) electrons. The quantitative estimate of drug-likeness (QED) is 0.240. The van der Waals surface area contributed by atoms with Gasteiger partial charge in [-0.15, -0.1) is 0 Å². The first kappa shape index (κ1) is 18.5. The van der Waals surface area contributed by atoms with Gasteiger partial charge in [-0.25, -0.2) is 9.59 Å². The van der Waals surface area contributed by atoms with Crippen LogP contribution in [0.25, 0.3) is 5.53 Å². The molecule has 0 rings (SSSR count). The zero-order valence-corrected chi connectivity index (χ0v) is 10.4. The number of carboxylic acid groups (broad SMARTS) is 1. The largest absolute Gasteiger partial charge is 0.480 e. The van der Waals surface area contributed by atoms with E-state index in [1.165, 1.54) is 0 Å². The van der Waals surface area contributed by atoms with Crippen LogP contribution in [0.1, 0.15) is 6.92 Å². The lowest BCUT2D eigenvalue weighted by Crippen LogP contribution is -2.49. The van der Waals surface area contributed by atoms with Crippen LogP contribution in [0.3, 0.4) is 0 Å². The first-order valence-electron chi connectivity index (χ1n) is 5.18. The highest BCUT2D eigenvalue weighted by molar-refractivity contribution is 6.35. The zero-order chi connectivity index (χ0) is 16.8. The van der Waals surface area contributed by atoms with Crippen molar-refractivity contribution in [3.63, 3.8) is 0 Å². The van der Waals surface area contributed by atoms with E-state index in [9.17, 15) is 27.6 Å². The molecule has 3 N–H and O–H groups in total. The summed E-state index contributed by atoms with van der Waals surface area (Å²) in [4.78, 5) is 34.8. The van der Waals surface area contributed by atoms with Gasteiger partial charge >= 0.3 is 29.7 Å². The number of carbonyl (C=O) groups excluding carboxylic acids is 2. The first-order chi connectivity index (χ1) is 9.50. The lowest BCUT2D eigenvalue weighted by molar-refractivity contribution is -0.176. The summed E-state index contributed by atoms with van der Waals surface area (Å²) in [5, 5.41) is 18.7. The summed E-state index contributed by atoms with van der Waals surface area (Å²) >= 11 is 0. The second-order valence-corrected chi connectivity index (χ2v) is 3.62. The van der Waals surface area contributed by atoms with Gasteiger partial charge in [0.05, 0.1) is 0 Å². The van der Waals surface area contributed by atoms with Crippen LogP contribution in [0.15, 0.2) is 0 Å². The maximum Gasteiger partial charge on any atom is 0.471 e. The normalized spacial score (nSPS) is 13.6. The van der Waals surface area contributed by atoms with Gasteiger partial charge in [0.2, 0.25) is 0 Å². The minimum absolute atomic E-state index is 0.888. The molecule has 0 heterocycles. The number of alkyl halides is 3. The molecule has 9 nitrogen and oxygen atoms in total. The molecule has 0 aromatic rings. The number of nitrogens with zero attached hydrogens (tertiary/aromatic N) is 2. The molecule has 1 amide bonds. The number of carbonyl (C=O) groups is 3. The second-order valence-electron chi connectivity index (χ2n) is 3.62. The molecule has 0 fully saturated rings. The summed E-state index contributed by atoms with van der Waals surface area (Å²) in [6, 6.07) is -2.17. The lowest BCUT2D eigenvalue weighted by atomic mass is 10.2. The molecular weight excluding hydrogens is 303 g/mol. The molecule has 2 atom stereocenters. The fourth-order valence-corrected chi connectivity index (χ4v) is 0.943. The number of halogens is 3. The molecule has 0 aliphatic rings. The Hall–Kier alpha value is -2.46. The molecule has 0 aliphatic carbocycles. The molecule has 118 valence electrons. The van der Waals surface area contributed by atoms with Gasteiger partial charge in [-0.3, -0.25) is 4.79 Å². The standard InChI is InChI=1S/C9H10F3N3O6/c1-3(16)5(15-13)7(19)21-2-4(6(17)18)14-8(20)9(10,11)12/h3-4,16H,2H2,1H3,(H,14,20)(H,17,18)/t3-,4+/m1/s1. The van der Waals surface area contributed by atoms with Crippen molar-refractivity contribution in [3.8, 4) is 0 Å². The van der Waals surface area contributed by atoms with Gasteiger partial charge in [0, 0.05) is 0 Å². The maximum atomic E-state index is 12.0. The highest BCUT2D eigenvalue weighted by atomic mass is 19.4. The summed E-state index contributed by atoms with van der Waals surface area (Å²) in [6.45, 7) is -0.141. The average Bonchev–Trinajstić information content (AvgIpc) is 2.32. The molecular formula is C9H10F3N3O6. The molecule has 0 aromatic carbocycles. The maximum absolute atomic E-state index is 12.0. The van der Waals surface area contributed by atoms with Crippen LogP contribution in [0, 0.1) is 0 Å². The Balaban J connectivity index is 4.76. The number of esters is 1. The van der Waals surface area contributed by atoms with Crippen molar-refractivity contribution in [2.75, 3.05) is 6.61 Å². The Labute approximate surface area is 114 Å². The predicted octanol–water partition coefficient (Wildman–Crippen LogP) is -1.29. The predicted molar refractivity (Wildman–Crippen MR) is 56.9 cm³/mol. The van der Waals surface area contributed by atoms with Crippen LogP contribution >= 0.6 is 0 Å². The van der Waals surface area contributed by atoms with E-state index >= 15 is 0 Å². The third-order valence-electron chi connectivity index (χ3n) is 1.95. The van der Waals surface area contributed by atoms with E-state index in [1.807, 2.05) is 0 Å². The van der Waals surface area contributed by atoms with Gasteiger partial charge in [-0.05, 0) is 6.92 Å². The third-order valence-corrected chi connectivity index (χ3v) is 1.95. The third kappa shape index (κ3) is 6.01. The van der Waals surface area contributed by atoms with Crippen LogP contribution in [0.2, 0.25) is 0 Å². The van der Waals surface area contributed by atoms with Crippen LogP contribution in [-0.2, 0) is 19.1 Å². The Bertz CT molecular complexity index is 484. The number of carboxylic acids is 1. The van der Waals surface area contributed by atoms with Crippen molar-refractivity contribution < 1.29 is 47.3 Å². The number of hydrogen-bond acceptors (Lipinski definition) is 5. The van der Waals surface area contributed by atoms with E-state index in [2.05, 4.69) is 9.53 Å². The van der Waals surface area contributed by atoms with Crippen LogP contribution in [-0.4, -0.2) is 63.5 Å². The van der Waals surface area contributed by atoms with Crippen molar-refractivity contribution in [1.82, 2.24) is 5.32 Å². The smallest absolute Gasteiger partial charge is 0.471 e. The van der Waals surface area contributed by atoms with E-state index < -0.39 is 48.5 Å². The monoisotopic (exact) mass is 313 g/mol. The van der Waals surface area contributed by atoms with Gasteiger partial charge in [0.25, 0.3) is 0 Å². The van der Waals surface area contributed by atoms with Gasteiger partial charge in [0.15, 0.2) is 12.1 Å². The molecule has 0 aromatic heterocycles. The molecule has 12 heteroatoms. The number of amides is 1. The van der Waals surface area contributed by atoms with E-state index in [0.717, 1.165) is 12.2 Å². The zero-order valence-electron chi connectivity index (χ0n) is 10.4. The van der Waals surface area contributed by atoms with Crippen LogP contribution in [0.4, 0.5) is 13.2 Å². The van der Waals surface area contributed by atoms with Gasteiger partial charge in [-0.1, -0.05) is 0 Å². The Morgan fingerprint density at radius 1 is 1.38 bits per heavy atom. The average molecular weight is 313 g/mol. The summed E-state index contributed by atoms with van der Waals surface area (Å²) in [5.74, 6) is -5.88. The van der Waals surface area contributed by atoms with Crippen molar-refractivity contribution >= 4 is 23.6 Å². The highest BCUT2D eigenvalue weighted by Gasteiger charge is 2.41. The number of hydrogen-bond donors (Lipinski definition) is 3. The summed E-state index contributed by atoms with van der Waals surface area (Å²) < 4.78 is 40.1. The van der Waals surface area contributed by atoms with E-state index in [0.29, 0.717) is 0 Å². The SMILES string of the molecule is C[C@@H](O)C(=[N+]=[N-])C(=O)OC[C@H](NC(=O)C(F)(F)F)C(=O)O. The first-order valence-corrected chi connectivity index (χ1v) is 5.18. The number of aliphatic hydroxyl groups is 1. The van der Waals surface area contributed by atoms with E-state index in [4.69, 9.17) is 15.7 Å². The molecule has 0 saturated carbocycles. The van der Waals surface area contributed by atoms with E-state index in [-0.39, 0.29) is 0 Å². The van der Waals surface area contributed by atoms with E-state index in [1.54, 1.807) is 0 Å². The van der Waals surface area contributed by atoms with Gasteiger partial charge in [-0.2, -0.15) is 18.0 Å². The summed E-state index contributed by atoms with van der Waals surface area (Å²) in [5.41, 5.74) is 7.50. The van der Waals surface area contributed by atoms with Gasteiger partial charge in [0.1, 0.15) is 6.61 Å². The molecule has 0 saturated heterocycles. The summed E-state index contributed by atoms with van der Waals surface area (Å²) in [6.07, 6.45) is -6.87. The van der Waals surface area contributed by atoms with Crippen molar-refractivity contribution in [3.05, 3.63) is 5.53 Å². The van der Waals surface area contributed by atoms with Crippen LogP contribution in [0.5, 0.6) is 0 Å². The molecule has 21 heavy (non-hydrogen) atoms. The minimum atomic E-state index is -5.31. The molecule has 0 spiro atoms. The Morgan fingerprint density at radius 2 is 1.90 bits per heavy atom.